The normalized spacial score (nSPS) is 22.2. The summed E-state index contributed by atoms with van der Waals surface area (Å²) in [6, 6.07) is 16.0. The number of anilines is 1. The van der Waals surface area contributed by atoms with Crippen LogP contribution in [-0.4, -0.2) is 76.0 Å². The number of hydrogen-bond donors (Lipinski definition) is 3. The van der Waals surface area contributed by atoms with Crippen LogP contribution >= 0.6 is 11.6 Å². The number of ether oxygens (including phenoxy) is 3. The van der Waals surface area contributed by atoms with Crippen LogP contribution in [0.2, 0.25) is 5.02 Å². The van der Waals surface area contributed by atoms with Gasteiger partial charge in [0.05, 0.1) is 31.0 Å². The predicted molar refractivity (Wildman–Crippen MR) is 160 cm³/mol. The van der Waals surface area contributed by atoms with Gasteiger partial charge in [-0.15, -0.1) is 5.10 Å². The fourth-order valence-corrected chi connectivity index (χ4v) is 6.05. The van der Waals surface area contributed by atoms with Crippen LogP contribution in [0, 0.1) is 0 Å². The molecule has 2 aromatic carbocycles. The number of urea groups is 1. The molecule has 228 valence electrons. The molecule has 12 heteroatoms. The third kappa shape index (κ3) is 5.89. The van der Waals surface area contributed by atoms with Gasteiger partial charge >= 0.3 is 12.1 Å². The van der Waals surface area contributed by atoms with Crippen molar-refractivity contribution in [3.8, 4) is 11.6 Å². The van der Waals surface area contributed by atoms with E-state index < -0.39 is 36.0 Å². The van der Waals surface area contributed by atoms with E-state index in [2.05, 4.69) is 15.7 Å². The van der Waals surface area contributed by atoms with Gasteiger partial charge in [0.25, 0.3) is 5.88 Å². The first-order chi connectivity index (χ1) is 20.6. The van der Waals surface area contributed by atoms with Gasteiger partial charge in [-0.25, -0.2) is 14.3 Å². The predicted octanol–water partition coefficient (Wildman–Crippen LogP) is 4.81. The fraction of sp³-hybridized carbons (Fsp3) is 0.452. The summed E-state index contributed by atoms with van der Waals surface area (Å²) in [4.78, 5) is 27.5. The van der Waals surface area contributed by atoms with Gasteiger partial charge in [0, 0.05) is 12.0 Å². The number of fused-ring (bicyclic) bond motifs is 2. The highest BCUT2D eigenvalue weighted by atomic mass is 35.5. The molecular weight excluding hydrogens is 574 g/mol. The molecule has 2 heterocycles. The number of aliphatic hydroxyl groups excluding tert-OH is 1. The van der Waals surface area contributed by atoms with Crippen LogP contribution in [-0.2, 0) is 14.9 Å². The molecule has 1 spiro atoms. The van der Waals surface area contributed by atoms with Crippen molar-refractivity contribution in [2.45, 2.75) is 62.9 Å². The number of nitrogens with zero attached hydrogens (tertiary/aromatic N) is 3. The fourth-order valence-electron chi connectivity index (χ4n) is 5.83. The number of nitrogens with one attached hydrogen (secondary N) is 2. The van der Waals surface area contributed by atoms with E-state index in [1.54, 1.807) is 4.90 Å². The highest BCUT2D eigenvalue weighted by Gasteiger charge is 2.59. The van der Waals surface area contributed by atoms with E-state index in [0.29, 0.717) is 18.8 Å². The minimum absolute atomic E-state index is 0.0730. The number of aromatic nitrogens is 2. The smallest absolute Gasteiger partial charge is 0.410 e. The SMILES string of the molecule is CC(C)(C)OC(=O)N1CCOC(COc2nn(-c3ccccc3)c(NC(=O)NC3c4ccccc4C4(CC4)C3O)c2Cl)C1. The van der Waals surface area contributed by atoms with E-state index in [9.17, 15) is 14.7 Å². The van der Waals surface area contributed by atoms with Crippen LogP contribution in [0.15, 0.2) is 54.6 Å². The number of aliphatic hydroxyl groups is 1. The maximum atomic E-state index is 13.4. The highest BCUT2D eigenvalue weighted by Crippen LogP contribution is 2.59. The Bertz CT molecular complexity index is 1500. The molecule has 2 aliphatic carbocycles. The lowest BCUT2D eigenvalue weighted by Crippen LogP contribution is -2.49. The number of carbonyl (C=O) groups is 2. The molecule has 1 aliphatic heterocycles. The van der Waals surface area contributed by atoms with Crippen LogP contribution < -0.4 is 15.4 Å². The van der Waals surface area contributed by atoms with Gasteiger partial charge in [-0.1, -0.05) is 54.1 Å². The second-order valence-electron chi connectivity index (χ2n) is 12.2. The van der Waals surface area contributed by atoms with Crippen LogP contribution in [0.5, 0.6) is 5.88 Å². The Morgan fingerprint density at radius 2 is 1.86 bits per heavy atom. The Morgan fingerprint density at radius 1 is 1.14 bits per heavy atom. The Hall–Kier alpha value is -3.80. The van der Waals surface area contributed by atoms with Gasteiger partial charge in [-0.05, 0) is 56.9 Å². The molecule has 0 bridgehead atoms. The lowest BCUT2D eigenvalue weighted by atomic mass is 9.97. The molecule has 0 radical (unpaired) electrons. The average Bonchev–Trinajstić information content (AvgIpc) is 3.70. The second kappa shape index (κ2) is 11.4. The molecule has 11 nitrogen and oxygen atoms in total. The molecule has 3 unspecified atom stereocenters. The van der Waals surface area contributed by atoms with Crippen molar-refractivity contribution in [2.75, 3.05) is 31.6 Å². The number of benzene rings is 2. The Kier molecular flexibility index (Phi) is 7.74. The minimum Gasteiger partial charge on any atom is -0.473 e. The first kappa shape index (κ1) is 29.3. The standard InChI is InChI=1S/C31H36ClN5O6/c1-30(2,3)43-29(40)36-15-16-41-20(17-36)18-42-27-23(32)26(37(35-27)19-9-5-4-6-10-19)34-28(39)33-24-21-11-7-8-12-22(21)31(13-14-31)25(24)38/h4-12,20,24-25,38H,13-18H2,1-3H3,(H2,33,34,39). The van der Waals surface area contributed by atoms with E-state index in [1.165, 1.54) is 4.68 Å². The summed E-state index contributed by atoms with van der Waals surface area (Å²) in [6.07, 6.45) is 0.210. The van der Waals surface area contributed by atoms with Gasteiger partial charge in [-0.2, -0.15) is 0 Å². The molecule has 3 aromatic rings. The third-order valence-electron chi connectivity index (χ3n) is 8.02. The summed E-state index contributed by atoms with van der Waals surface area (Å²) in [5.41, 5.74) is 1.77. The van der Waals surface area contributed by atoms with Gasteiger partial charge < -0.3 is 29.5 Å². The van der Waals surface area contributed by atoms with Crippen LogP contribution in [0.1, 0.15) is 50.8 Å². The molecule has 3 N–H and O–H groups in total. The summed E-state index contributed by atoms with van der Waals surface area (Å²) in [5, 5.41) is 21.6. The number of hydrogen-bond acceptors (Lipinski definition) is 7. The van der Waals surface area contributed by atoms with Crippen molar-refractivity contribution in [1.82, 2.24) is 20.0 Å². The molecule has 1 saturated heterocycles. The second-order valence-corrected chi connectivity index (χ2v) is 12.6. The number of rotatable bonds is 6. The van der Waals surface area contributed by atoms with Gasteiger partial charge in [0.15, 0.2) is 5.82 Å². The first-order valence-corrected chi connectivity index (χ1v) is 14.8. The van der Waals surface area contributed by atoms with Crippen molar-refractivity contribution in [1.29, 1.82) is 0 Å². The maximum Gasteiger partial charge on any atom is 0.410 e. The summed E-state index contributed by atoms with van der Waals surface area (Å²) in [6.45, 7) is 6.57. The largest absolute Gasteiger partial charge is 0.473 e. The zero-order chi connectivity index (χ0) is 30.4. The molecule has 6 rings (SSSR count). The molecule has 3 atom stereocenters. The third-order valence-corrected chi connectivity index (χ3v) is 8.36. The van der Waals surface area contributed by atoms with Gasteiger partial charge in [0.2, 0.25) is 0 Å². The van der Waals surface area contributed by atoms with E-state index in [1.807, 2.05) is 75.4 Å². The number of amides is 3. The van der Waals surface area contributed by atoms with Crippen LogP contribution in [0.3, 0.4) is 0 Å². The first-order valence-electron chi connectivity index (χ1n) is 14.5. The van der Waals surface area contributed by atoms with Crippen molar-refractivity contribution in [2.24, 2.45) is 0 Å². The molecule has 43 heavy (non-hydrogen) atoms. The molecule has 1 aromatic heterocycles. The summed E-state index contributed by atoms with van der Waals surface area (Å²) in [7, 11) is 0. The zero-order valence-corrected chi connectivity index (χ0v) is 25.1. The Balaban J connectivity index is 1.17. The number of morpholine rings is 1. The molecule has 3 aliphatic rings. The number of halogens is 1. The van der Waals surface area contributed by atoms with E-state index in [0.717, 1.165) is 24.0 Å². The zero-order valence-electron chi connectivity index (χ0n) is 24.4. The van der Waals surface area contributed by atoms with Gasteiger partial charge in [-0.3, -0.25) is 5.32 Å². The minimum atomic E-state index is -0.722. The monoisotopic (exact) mass is 609 g/mol. The van der Waals surface area contributed by atoms with Crippen LogP contribution in [0.25, 0.3) is 5.69 Å². The Morgan fingerprint density at radius 3 is 2.58 bits per heavy atom. The van der Waals surface area contributed by atoms with Gasteiger partial charge in [0.1, 0.15) is 23.3 Å². The number of carbonyl (C=O) groups excluding carboxylic acids is 2. The van der Waals surface area contributed by atoms with Crippen molar-refractivity contribution >= 4 is 29.5 Å². The summed E-state index contributed by atoms with van der Waals surface area (Å²) >= 11 is 6.75. The van der Waals surface area contributed by atoms with Crippen LogP contribution in [0.4, 0.5) is 15.4 Å². The molecular formula is C31H36ClN5O6. The summed E-state index contributed by atoms with van der Waals surface area (Å²) in [5.74, 6) is 0.309. The van der Waals surface area contributed by atoms with E-state index in [-0.39, 0.29) is 35.3 Å². The van der Waals surface area contributed by atoms with Crippen molar-refractivity contribution in [3.63, 3.8) is 0 Å². The lowest BCUT2D eigenvalue weighted by molar-refractivity contribution is -0.0561. The maximum absolute atomic E-state index is 13.4. The highest BCUT2D eigenvalue weighted by molar-refractivity contribution is 6.34. The molecule has 2 fully saturated rings. The quantitative estimate of drug-likeness (QED) is 0.366. The van der Waals surface area contributed by atoms with Crippen molar-refractivity contribution < 1.29 is 28.9 Å². The van der Waals surface area contributed by atoms with E-state index in [4.69, 9.17) is 25.8 Å². The Labute approximate surface area is 255 Å². The molecule has 1 saturated carbocycles. The summed E-state index contributed by atoms with van der Waals surface area (Å²) < 4.78 is 18.8. The molecule has 3 amide bonds. The topological polar surface area (TPSA) is 127 Å². The van der Waals surface area contributed by atoms with E-state index >= 15 is 0 Å². The van der Waals surface area contributed by atoms with Crippen molar-refractivity contribution in [3.05, 3.63) is 70.7 Å². The lowest BCUT2D eigenvalue weighted by Gasteiger charge is -2.33. The average molecular weight is 610 g/mol. The number of para-hydroxylation sites is 1.